The van der Waals surface area contributed by atoms with Gasteiger partial charge in [0, 0.05) is 42.0 Å². The summed E-state index contributed by atoms with van der Waals surface area (Å²) in [5.74, 6) is 0. The highest BCUT2D eigenvalue weighted by molar-refractivity contribution is 7.26. The monoisotopic (exact) mass is 585 g/mol. The fourth-order valence-electron chi connectivity index (χ4n) is 6.47. The molecule has 1 N–H and O–H groups in total. The molecule has 44 heavy (non-hydrogen) atoms. The Hall–Kier alpha value is -5.72. The lowest BCUT2D eigenvalue weighted by molar-refractivity contribution is 0.835. The van der Waals surface area contributed by atoms with E-state index in [4.69, 9.17) is 0 Å². The molecule has 0 amide bonds. The van der Waals surface area contributed by atoms with Crippen LogP contribution in [0, 0.1) is 0 Å². The van der Waals surface area contributed by atoms with Crippen LogP contribution in [0.3, 0.4) is 0 Å². The topological polar surface area (TPSA) is 59.8 Å². The molecule has 0 saturated carbocycles. The Morgan fingerprint density at radius 1 is 0.523 bits per heavy atom. The third-order valence-corrected chi connectivity index (χ3v) is 9.72. The summed E-state index contributed by atoms with van der Waals surface area (Å²) in [6.07, 6.45) is 0. The van der Waals surface area contributed by atoms with Gasteiger partial charge in [-0.05, 0) is 71.8 Å². The Labute approximate surface area is 254 Å². The fourth-order valence-corrected chi connectivity index (χ4v) is 7.73. The summed E-state index contributed by atoms with van der Waals surface area (Å²) in [5, 5.41) is 5.36. The van der Waals surface area contributed by atoms with Crippen LogP contribution >= 0.6 is 11.3 Å². The van der Waals surface area contributed by atoms with Crippen molar-refractivity contribution in [1.82, 2.24) is 14.1 Å². The molecule has 0 aliphatic heterocycles. The molecule has 0 fully saturated rings. The minimum absolute atomic E-state index is 0.342. The van der Waals surface area contributed by atoms with E-state index in [1.807, 2.05) is 78.1 Å². The molecule has 6 heteroatoms. The lowest BCUT2D eigenvalue weighted by atomic mass is 10.0. The number of aromatic nitrogens is 3. The van der Waals surface area contributed by atoms with Crippen molar-refractivity contribution in [3.8, 4) is 22.5 Å². The van der Waals surface area contributed by atoms with E-state index in [9.17, 15) is 9.59 Å². The maximum Gasteiger partial charge on any atom is 0.340 e. The first-order valence-electron chi connectivity index (χ1n) is 14.4. The molecule has 9 aromatic rings. The van der Waals surface area contributed by atoms with Crippen molar-refractivity contribution in [3.05, 3.63) is 154 Å². The Balaban J connectivity index is 1.31. The number of aromatic amines is 1. The highest BCUT2D eigenvalue weighted by atomic mass is 32.1. The van der Waals surface area contributed by atoms with Crippen molar-refractivity contribution < 1.29 is 0 Å². The first kappa shape index (κ1) is 24.8. The number of para-hydroxylation sites is 2. The average molecular weight is 586 g/mol. The molecule has 0 atom stereocenters. The van der Waals surface area contributed by atoms with E-state index < -0.39 is 5.69 Å². The van der Waals surface area contributed by atoms with Crippen molar-refractivity contribution in [3.63, 3.8) is 0 Å². The van der Waals surface area contributed by atoms with Gasteiger partial charge >= 0.3 is 5.69 Å². The Morgan fingerprint density at radius 2 is 1.16 bits per heavy atom. The lowest BCUT2D eigenvalue weighted by Crippen LogP contribution is -2.38. The lowest BCUT2D eigenvalue weighted by Gasteiger charge is -2.15. The quantitative estimate of drug-likeness (QED) is 0.225. The van der Waals surface area contributed by atoms with Gasteiger partial charge in [0.05, 0.1) is 22.3 Å². The second-order valence-electron chi connectivity index (χ2n) is 11.0. The summed E-state index contributed by atoms with van der Waals surface area (Å²) in [7, 11) is 0. The molecule has 0 aliphatic rings. The molecule has 9 rings (SSSR count). The van der Waals surface area contributed by atoms with Crippen LogP contribution in [0.4, 0.5) is 0 Å². The molecule has 3 heterocycles. The first-order chi connectivity index (χ1) is 21.7. The van der Waals surface area contributed by atoms with E-state index in [0.717, 1.165) is 27.5 Å². The van der Waals surface area contributed by atoms with Crippen LogP contribution < -0.4 is 11.2 Å². The summed E-state index contributed by atoms with van der Waals surface area (Å²) < 4.78 is 5.42. The zero-order valence-electron chi connectivity index (χ0n) is 23.3. The minimum atomic E-state index is -0.403. The standard InChI is InChI=1S/C38H23N3O2S/c42-37-30-22-24(16-20-33(30)40(25-9-3-1-4-10-25)38(43)41(37)26-11-5-2-6-12-26)23-15-18-31-29(21-23)35-32(39-31)19-17-28-27-13-7-8-14-34(27)44-36(28)35/h1-22,39H. The van der Waals surface area contributed by atoms with Gasteiger partial charge in [0.15, 0.2) is 0 Å². The van der Waals surface area contributed by atoms with Crippen LogP contribution in [0.15, 0.2) is 143 Å². The second kappa shape index (κ2) is 9.39. The van der Waals surface area contributed by atoms with Gasteiger partial charge in [-0.3, -0.25) is 9.36 Å². The van der Waals surface area contributed by atoms with Crippen molar-refractivity contribution in [2.75, 3.05) is 0 Å². The van der Waals surface area contributed by atoms with E-state index >= 15 is 0 Å². The second-order valence-corrected chi connectivity index (χ2v) is 12.1. The number of nitrogens with one attached hydrogen (secondary N) is 1. The van der Waals surface area contributed by atoms with Gasteiger partial charge in [0.25, 0.3) is 5.56 Å². The molecule has 0 spiro atoms. The van der Waals surface area contributed by atoms with Crippen LogP contribution in [0.25, 0.3) is 75.4 Å². The van der Waals surface area contributed by atoms with Crippen LogP contribution in [0.5, 0.6) is 0 Å². The van der Waals surface area contributed by atoms with Gasteiger partial charge in [-0.2, -0.15) is 0 Å². The highest BCUT2D eigenvalue weighted by Gasteiger charge is 2.18. The number of hydrogen-bond donors (Lipinski definition) is 1. The Bertz CT molecular complexity index is 2700. The summed E-state index contributed by atoms with van der Waals surface area (Å²) in [6.45, 7) is 0. The van der Waals surface area contributed by atoms with Gasteiger partial charge in [0.2, 0.25) is 0 Å². The zero-order chi connectivity index (χ0) is 29.4. The molecule has 3 aromatic heterocycles. The molecule has 0 radical (unpaired) electrons. The first-order valence-corrected chi connectivity index (χ1v) is 15.3. The summed E-state index contributed by atoms with van der Waals surface area (Å²) in [4.78, 5) is 31.5. The molecule has 208 valence electrons. The largest absolute Gasteiger partial charge is 0.354 e. The van der Waals surface area contributed by atoms with Crippen molar-refractivity contribution >= 4 is 64.2 Å². The SMILES string of the molecule is O=c1c2cc(-c3ccc4[nH]c5ccc6c7ccccc7sc6c5c4c3)ccc2n(-c2ccccc2)c(=O)n1-c1ccccc1. The predicted octanol–water partition coefficient (Wildman–Crippen LogP) is 8.81. The number of benzene rings is 6. The summed E-state index contributed by atoms with van der Waals surface area (Å²) >= 11 is 1.82. The number of fused-ring (bicyclic) bond motifs is 8. The maximum absolute atomic E-state index is 14.0. The van der Waals surface area contributed by atoms with Gasteiger partial charge < -0.3 is 4.98 Å². The van der Waals surface area contributed by atoms with E-state index in [2.05, 4.69) is 59.6 Å². The maximum atomic E-state index is 14.0. The van der Waals surface area contributed by atoms with E-state index in [-0.39, 0.29) is 5.56 Å². The number of thiophene rings is 1. The number of rotatable bonds is 3. The molecular weight excluding hydrogens is 563 g/mol. The van der Waals surface area contributed by atoms with Crippen molar-refractivity contribution in [2.45, 2.75) is 0 Å². The normalized spacial score (nSPS) is 11.8. The molecule has 0 bridgehead atoms. The number of hydrogen-bond acceptors (Lipinski definition) is 3. The molecule has 0 aliphatic carbocycles. The third-order valence-electron chi connectivity index (χ3n) is 8.52. The van der Waals surface area contributed by atoms with Crippen molar-refractivity contribution in [2.24, 2.45) is 0 Å². The number of nitrogens with zero attached hydrogens (tertiary/aromatic N) is 2. The van der Waals surface area contributed by atoms with Crippen molar-refractivity contribution in [1.29, 1.82) is 0 Å². The summed E-state index contributed by atoms with van der Waals surface area (Å²) in [5.41, 5.74) is 5.15. The van der Waals surface area contributed by atoms with Gasteiger partial charge in [-0.25, -0.2) is 9.36 Å². The van der Waals surface area contributed by atoms with Crippen LogP contribution in [-0.4, -0.2) is 14.1 Å². The average Bonchev–Trinajstić information content (AvgIpc) is 3.63. The van der Waals surface area contributed by atoms with E-state index in [0.29, 0.717) is 22.3 Å². The van der Waals surface area contributed by atoms with E-state index in [1.165, 1.54) is 30.1 Å². The zero-order valence-corrected chi connectivity index (χ0v) is 24.1. The number of H-pyrrole nitrogens is 1. The molecule has 0 unspecified atom stereocenters. The smallest absolute Gasteiger partial charge is 0.340 e. The molecule has 0 saturated heterocycles. The Morgan fingerprint density at radius 3 is 1.93 bits per heavy atom. The molecular formula is C38H23N3O2S. The van der Waals surface area contributed by atoms with Crippen LogP contribution in [0.2, 0.25) is 0 Å². The van der Waals surface area contributed by atoms with Gasteiger partial charge in [-0.1, -0.05) is 72.8 Å². The Kier molecular flexibility index (Phi) is 5.30. The highest BCUT2D eigenvalue weighted by Crippen LogP contribution is 2.42. The predicted molar refractivity (Wildman–Crippen MR) is 183 cm³/mol. The van der Waals surface area contributed by atoms with E-state index in [1.54, 1.807) is 16.7 Å². The van der Waals surface area contributed by atoms with Gasteiger partial charge in [0.1, 0.15) is 0 Å². The van der Waals surface area contributed by atoms with Gasteiger partial charge in [-0.15, -0.1) is 11.3 Å². The third kappa shape index (κ3) is 3.58. The molecule has 6 aromatic carbocycles. The summed E-state index contributed by atoms with van der Waals surface area (Å²) in [6, 6.07) is 43.7. The fraction of sp³-hybridized carbons (Fsp3) is 0. The minimum Gasteiger partial charge on any atom is -0.354 e. The van der Waals surface area contributed by atoms with Crippen LogP contribution in [0.1, 0.15) is 0 Å². The molecule has 5 nitrogen and oxygen atoms in total. The van der Waals surface area contributed by atoms with Crippen LogP contribution in [-0.2, 0) is 0 Å².